The highest BCUT2D eigenvalue weighted by Gasteiger charge is 2.28. The van der Waals surface area contributed by atoms with Crippen LogP contribution >= 0.6 is 0 Å². The summed E-state index contributed by atoms with van der Waals surface area (Å²) in [5.74, 6) is -0.856. The number of hydrogen-bond acceptors (Lipinski definition) is 5. The molecule has 8 heteroatoms. The number of carbonyl (C=O) groups excluding carboxylic acids is 1. The summed E-state index contributed by atoms with van der Waals surface area (Å²) in [5, 5.41) is 11.2. The summed E-state index contributed by atoms with van der Waals surface area (Å²) in [5.41, 5.74) is 4.73. The molecule has 1 amide bonds. The van der Waals surface area contributed by atoms with Crippen molar-refractivity contribution in [2.45, 2.75) is 12.3 Å². The molecular formula is C22H26N2O6. The molecule has 0 spiro atoms. The lowest BCUT2D eigenvalue weighted by Gasteiger charge is -2.14. The van der Waals surface area contributed by atoms with Crippen LogP contribution in [-0.2, 0) is 19.0 Å². The molecule has 3 N–H and O–H groups in total. The first-order valence-electron chi connectivity index (χ1n) is 9.63. The molecule has 30 heavy (non-hydrogen) atoms. The van der Waals surface area contributed by atoms with E-state index >= 15 is 0 Å². The first-order valence-corrected chi connectivity index (χ1v) is 9.63. The molecule has 0 heterocycles. The molecule has 0 fully saturated rings. The molecule has 0 unspecified atom stereocenters. The van der Waals surface area contributed by atoms with E-state index in [1.54, 1.807) is 0 Å². The topological polar surface area (TPSA) is 126 Å². The van der Waals surface area contributed by atoms with Crippen LogP contribution in [0.15, 0.2) is 48.5 Å². The number of amides is 1. The summed E-state index contributed by atoms with van der Waals surface area (Å²) in [6, 6.07) is 16.4. The van der Waals surface area contributed by atoms with E-state index in [-0.39, 0.29) is 31.7 Å². The summed E-state index contributed by atoms with van der Waals surface area (Å²) < 4.78 is 15.9. The molecule has 8 nitrogen and oxygen atoms in total. The van der Waals surface area contributed by atoms with Crippen LogP contribution in [0.5, 0.6) is 0 Å². The fourth-order valence-corrected chi connectivity index (χ4v) is 3.36. The van der Waals surface area contributed by atoms with Crippen LogP contribution in [-0.4, -0.2) is 56.7 Å². The lowest BCUT2D eigenvalue weighted by atomic mass is 9.98. The smallest absolute Gasteiger partial charge is 0.407 e. The molecule has 160 valence electrons. The number of hydrogen-bond donors (Lipinski definition) is 2. The van der Waals surface area contributed by atoms with Gasteiger partial charge < -0.3 is 24.6 Å². The van der Waals surface area contributed by atoms with Gasteiger partial charge in [0.15, 0.2) is 0 Å². The minimum Gasteiger partial charge on any atom is -0.481 e. The van der Waals surface area contributed by atoms with Gasteiger partial charge in [0.2, 0.25) is 0 Å². The monoisotopic (exact) mass is 414 g/mol. The standard InChI is InChI=1S/C22H25NO6.HN/c24-21(25)9-11-27-13-14-28-12-10-23-22(26)29-15-20-18-7-3-1-5-16(18)17-6-2-4-8-19(17)20;/h1-8,20H,9-15H2,(H,23,26)(H,24,25);1H. The van der Waals surface area contributed by atoms with Crippen molar-refractivity contribution in [2.24, 2.45) is 0 Å². The number of benzene rings is 2. The molecule has 0 saturated carbocycles. The summed E-state index contributed by atoms with van der Waals surface area (Å²) >= 11 is 0. The summed E-state index contributed by atoms with van der Waals surface area (Å²) in [4.78, 5) is 22.3. The largest absolute Gasteiger partial charge is 0.481 e. The van der Waals surface area contributed by atoms with Gasteiger partial charge in [-0.3, -0.25) is 4.79 Å². The predicted molar refractivity (Wildman–Crippen MR) is 110 cm³/mol. The van der Waals surface area contributed by atoms with Crippen molar-refractivity contribution in [3.05, 3.63) is 59.7 Å². The molecule has 2 aromatic rings. The van der Waals surface area contributed by atoms with Crippen molar-refractivity contribution in [2.75, 3.05) is 39.6 Å². The van der Waals surface area contributed by atoms with Crippen LogP contribution in [0, 0.1) is 0 Å². The van der Waals surface area contributed by atoms with E-state index < -0.39 is 12.1 Å². The van der Waals surface area contributed by atoms with Crippen LogP contribution in [0.1, 0.15) is 23.5 Å². The number of carboxylic acids is 1. The number of aliphatic carboxylic acids is 1. The fraction of sp³-hybridized carbons (Fsp3) is 0.364. The number of carbonyl (C=O) groups is 2. The summed E-state index contributed by atoms with van der Waals surface area (Å²) in [6.45, 7) is 1.75. The van der Waals surface area contributed by atoms with E-state index in [9.17, 15) is 9.59 Å². The molecule has 0 aromatic heterocycles. The Hall–Kier alpha value is -2.94. The Labute approximate surface area is 175 Å². The molecule has 0 aliphatic heterocycles. The highest BCUT2D eigenvalue weighted by molar-refractivity contribution is 5.79. The second kappa shape index (κ2) is 11.9. The Morgan fingerprint density at radius 1 is 0.867 bits per heavy atom. The van der Waals surface area contributed by atoms with Gasteiger partial charge in [0, 0.05) is 12.5 Å². The van der Waals surface area contributed by atoms with E-state index in [1.165, 1.54) is 22.3 Å². The van der Waals surface area contributed by atoms with E-state index in [4.69, 9.17) is 19.3 Å². The van der Waals surface area contributed by atoms with E-state index in [0.717, 1.165) is 0 Å². The van der Waals surface area contributed by atoms with Crippen LogP contribution < -0.4 is 11.5 Å². The third kappa shape index (κ3) is 6.28. The van der Waals surface area contributed by atoms with Crippen molar-refractivity contribution in [3.63, 3.8) is 0 Å². The Morgan fingerprint density at radius 3 is 2.03 bits per heavy atom. The summed E-state index contributed by atoms with van der Waals surface area (Å²) in [6.07, 6.45) is -0.503. The Balaban J connectivity index is 0.00000320. The zero-order valence-electron chi connectivity index (χ0n) is 16.6. The molecule has 3 rings (SSSR count). The quantitative estimate of drug-likeness (QED) is 0.545. The van der Waals surface area contributed by atoms with Gasteiger partial charge in [0.25, 0.3) is 0 Å². The lowest BCUT2D eigenvalue weighted by molar-refractivity contribution is -0.138. The molecule has 2 aromatic carbocycles. The average molecular weight is 414 g/mol. The molecule has 2 radical (unpaired) electrons. The molecule has 0 bridgehead atoms. The number of alkyl carbamates (subject to hydrolysis) is 1. The van der Waals surface area contributed by atoms with Crippen molar-refractivity contribution in [1.82, 2.24) is 11.5 Å². The Morgan fingerprint density at radius 2 is 1.43 bits per heavy atom. The predicted octanol–water partition coefficient (Wildman–Crippen LogP) is 2.77. The van der Waals surface area contributed by atoms with Crippen LogP contribution in [0.3, 0.4) is 0 Å². The minimum atomic E-state index is -0.891. The third-order valence-electron chi connectivity index (χ3n) is 4.69. The van der Waals surface area contributed by atoms with Crippen LogP contribution in [0.2, 0.25) is 0 Å². The number of rotatable bonds is 11. The number of carboxylic acid groups (broad SMARTS) is 1. The second-order valence-electron chi connectivity index (χ2n) is 6.62. The zero-order chi connectivity index (χ0) is 20.5. The summed E-state index contributed by atoms with van der Waals surface area (Å²) in [7, 11) is 0. The first-order chi connectivity index (χ1) is 14.2. The second-order valence-corrected chi connectivity index (χ2v) is 6.62. The Kier molecular flexibility index (Phi) is 9.27. The van der Waals surface area contributed by atoms with E-state index in [1.807, 2.05) is 24.3 Å². The van der Waals surface area contributed by atoms with Gasteiger partial charge in [-0.2, -0.15) is 6.15 Å². The van der Waals surface area contributed by atoms with E-state index in [0.29, 0.717) is 26.4 Å². The average Bonchev–Trinajstić information content (AvgIpc) is 3.04. The SMILES string of the molecule is O=C(O)CCOCCOCCNC(=O)OCC1c2ccccc2-c2ccccc21.[NH]. The Bertz CT molecular complexity index is 796. The molecular weight excluding hydrogens is 388 g/mol. The highest BCUT2D eigenvalue weighted by atomic mass is 16.6. The fourth-order valence-electron chi connectivity index (χ4n) is 3.36. The number of ether oxygens (including phenoxy) is 3. The number of fused-ring (bicyclic) bond motifs is 3. The maximum atomic E-state index is 12.0. The molecule has 1 aliphatic rings. The maximum Gasteiger partial charge on any atom is 0.407 e. The van der Waals surface area contributed by atoms with Crippen molar-refractivity contribution < 1.29 is 28.9 Å². The maximum absolute atomic E-state index is 12.0. The van der Waals surface area contributed by atoms with Gasteiger partial charge in [-0.05, 0) is 22.3 Å². The van der Waals surface area contributed by atoms with Crippen molar-refractivity contribution in [3.8, 4) is 11.1 Å². The number of nitrogens with one attached hydrogen (secondary N) is 2. The van der Waals surface area contributed by atoms with Gasteiger partial charge in [-0.15, -0.1) is 0 Å². The molecule has 0 atom stereocenters. The van der Waals surface area contributed by atoms with Crippen LogP contribution in [0.4, 0.5) is 4.79 Å². The lowest BCUT2D eigenvalue weighted by Crippen LogP contribution is -2.29. The third-order valence-corrected chi connectivity index (χ3v) is 4.69. The molecule has 0 saturated heterocycles. The normalized spacial score (nSPS) is 11.9. The minimum absolute atomic E-state index is 0. The van der Waals surface area contributed by atoms with Gasteiger partial charge in [-0.1, -0.05) is 48.5 Å². The van der Waals surface area contributed by atoms with Crippen molar-refractivity contribution in [1.29, 1.82) is 0 Å². The van der Waals surface area contributed by atoms with Gasteiger partial charge in [0.05, 0.1) is 32.8 Å². The zero-order valence-corrected chi connectivity index (χ0v) is 16.6. The molecule has 1 aliphatic carbocycles. The first kappa shape index (κ1) is 23.3. The van der Waals surface area contributed by atoms with E-state index in [2.05, 4.69) is 29.6 Å². The van der Waals surface area contributed by atoms with Crippen molar-refractivity contribution >= 4 is 12.1 Å². The highest BCUT2D eigenvalue weighted by Crippen LogP contribution is 2.44. The van der Waals surface area contributed by atoms with Gasteiger partial charge >= 0.3 is 12.1 Å². The van der Waals surface area contributed by atoms with Crippen LogP contribution in [0.25, 0.3) is 11.1 Å². The van der Waals surface area contributed by atoms with Gasteiger partial charge in [-0.25, -0.2) is 4.79 Å². The van der Waals surface area contributed by atoms with Gasteiger partial charge in [0.1, 0.15) is 6.61 Å².